The molecule has 0 aliphatic heterocycles. The van der Waals surface area contributed by atoms with Gasteiger partial charge >= 0.3 is 5.97 Å². The average molecular weight is 525 g/mol. The lowest BCUT2D eigenvalue weighted by Gasteiger charge is -2.46. The Morgan fingerprint density at radius 3 is 2.50 bits per heavy atom. The molecular weight excluding hydrogens is 471 g/mol. The van der Waals surface area contributed by atoms with Crippen LogP contribution in [0.1, 0.15) is 129 Å². The Labute approximate surface area is 232 Å². The number of allylic oxidation sites excluding steroid dienone is 2. The number of hydrogen-bond acceptors (Lipinski definition) is 2. The van der Waals surface area contributed by atoms with Crippen LogP contribution in [0.4, 0.5) is 4.39 Å². The third-order valence-electron chi connectivity index (χ3n) is 10.3. The zero-order valence-corrected chi connectivity index (χ0v) is 24.3. The minimum Gasteiger partial charge on any atom is -0.426 e. The Balaban J connectivity index is 1.23. The van der Waals surface area contributed by atoms with Crippen molar-refractivity contribution >= 4 is 5.97 Å². The molecule has 0 N–H and O–H groups in total. The number of ether oxygens (including phenoxy) is 1. The molecule has 3 heteroatoms. The van der Waals surface area contributed by atoms with E-state index in [0.29, 0.717) is 29.6 Å². The van der Waals surface area contributed by atoms with E-state index in [9.17, 15) is 9.18 Å². The molecule has 3 aliphatic rings. The highest BCUT2D eigenvalue weighted by molar-refractivity contribution is 5.75. The number of carbonyl (C=O) groups is 1. The van der Waals surface area contributed by atoms with Crippen LogP contribution in [-0.2, 0) is 11.2 Å². The molecule has 3 saturated carbocycles. The normalized spacial score (nSPS) is 29.8. The van der Waals surface area contributed by atoms with Crippen LogP contribution in [0.5, 0.6) is 5.75 Å². The van der Waals surface area contributed by atoms with Crippen LogP contribution < -0.4 is 4.74 Å². The minimum atomic E-state index is -0.270. The second kappa shape index (κ2) is 15.2. The lowest BCUT2D eigenvalue weighted by molar-refractivity contribution is -0.144. The Morgan fingerprint density at radius 2 is 1.74 bits per heavy atom. The van der Waals surface area contributed by atoms with Crippen molar-refractivity contribution in [1.82, 2.24) is 0 Å². The van der Waals surface area contributed by atoms with Gasteiger partial charge < -0.3 is 4.74 Å². The van der Waals surface area contributed by atoms with Gasteiger partial charge in [-0.3, -0.25) is 4.79 Å². The van der Waals surface area contributed by atoms with Gasteiger partial charge in [-0.1, -0.05) is 89.4 Å². The van der Waals surface area contributed by atoms with E-state index in [-0.39, 0.29) is 17.7 Å². The molecule has 0 spiro atoms. The maximum absolute atomic E-state index is 14.6. The van der Waals surface area contributed by atoms with E-state index in [1.165, 1.54) is 96.0 Å². The number of rotatable bonds is 12. The van der Waals surface area contributed by atoms with E-state index < -0.39 is 0 Å². The van der Waals surface area contributed by atoms with E-state index in [1.807, 2.05) is 19.1 Å². The largest absolute Gasteiger partial charge is 0.426 e. The third kappa shape index (κ3) is 8.18. The van der Waals surface area contributed by atoms with Crippen LogP contribution in [0, 0.1) is 41.3 Å². The van der Waals surface area contributed by atoms with E-state index in [2.05, 4.69) is 6.92 Å². The summed E-state index contributed by atoms with van der Waals surface area (Å²) in [4.78, 5) is 13.2. The van der Waals surface area contributed by atoms with Crippen molar-refractivity contribution in [2.45, 2.75) is 129 Å². The first-order valence-corrected chi connectivity index (χ1v) is 16.2. The van der Waals surface area contributed by atoms with E-state index in [0.717, 1.165) is 37.0 Å². The lowest BCUT2D eigenvalue weighted by atomic mass is 9.59. The molecule has 0 saturated heterocycles. The van der Waals surface area contributed by atoms with Crippen LogP contribution in [0.2, 0.25) is 0 Å². The molecule has 3 aliphatic carbocycles. The maximum atomic E-state index is 14.6. The van der Waals surface area contributed by atoms with Crippen LogP contribution in [0.15, 0.2) is 30.4 Å². The van der Waals surface area contributed by atoms with Gasteiger partial charge in [0.25, 0.3) is 0 Å². The molecule has 0 amide bonds. The van der Waals surface area contributed by atoms with Gasteiger partial charge in [-0.2, -0.15) is 0 Å². The standard InChI is InChI=1S/C35H53FO2/c1-3-5-7-8-10-12-26-16-18-27(19-17-26)29-21-23-32-30(24-29)14-11-15-33(32)35(37)38-31-22-20-28(34(36)25-31)13-9-6-4-2/h4,6,20,22,25-27,29-30,32-33H,3,5,7-19,21,23-24H2,1-2H3/b6-4+. The number of carbonyl (C=O) groups excluding carboxylic acids is 1. The predicted molar refractivity (Wildman–Crippen MR) is 156 cm³/mol. The van der Waals surface area contributed by atoms with Crippen molar-refractivity contribution in [1.29, 1.82) is 0 Å². The summed E-state index contributed by atoms with van der Waals surface area (Å²) in [6, 6.07) is 4.95. The highest BCUT2D eigenvalue weighted by Crippen LogP contribution is 2.50. The zero-order valence-electron chi connectivity index (χ0n) is 24.3. The topological polar surface area (TPSA) is 26.3 Å². The monoisotopic (exact) mass is 524 g/mol. The van der Waals surface area contributed by atoms with Gasteiger partial charge in [0.15, 0.2) is 0 Å². The summed E-state index contributed by atoms with van der Waals surface area (Å²) in [6.07, 6.45) is 26.9. The molecule has 3 fully saturated rings. The van der Waals surface area contributed by atoms with Crippen molar-refractivity contribution in [3.63, 3.8) is 0 Å². The van der Waals surface area contributed by atoms with E-state index >= 15 is 0 Å². The summed E-state index contributed by atoms with van der Waals surface area (Å²) in [5.41, 5.74) is 0.681. The lowest BCUT2D eigenvalue weighted by Crippen LogP contribution is -2.40. The van der Waals surface area contributed by atoms with Crippen LogP contribution in [0.25, 0.3) is 0 Å². The molecule has 4 rings (SSSR count). The predicted octanol–water partition coefficient (Wildman–Crippen LogP) is 10.2. The Hall–Kier alpha value is -1.64. The minimum absolute atomic E-state index is 0.0180. The molecule has 1 aromatic carbocycles. The summed E-state index contributed by atoms with van der Waals surface area (Å²) < 4.78 is 20.4. The molecule has 4 unspecified atom stereocenters. The molecular formula is C35H53FO2. The Kier molecular flexibility index (Phi) is 11.8. The SMILES string of the molecule is C/C=C/CCc1ccc(OC(=O)C2CCCC3CC(C4CCC(CCCCCCC)CC4)CCC32)cc1F. The first-order chi connectivity index (χ1) is 18.6. The molecule has 0 aromatic heterocycles. The molecule has 38 heavy (non-hydrogen) atoms. The van der Waals surface area contributed by atoms with Gasteiger partial charge in [0.05, 0.1) is 5.92 Å². The quantitative estimate of drug-likeness (QED) is 0.118. The van der Waals surface area contributed by atoms with Crippen LogP contribution in [-0.4, -0.2) is 5.97 Å². The Morgan fingerprint density at radius 1 is 0.947 bits per heavy atom. The first-order valence-electron chi connectivity index (χ1n) is 16.2. The second-order valence-corrected chi connectivity index (χ2v) is 12.8. The third-order valence-corrected chi connectivity index (χ3v) is 10.3. The van der Waals surface area contributed by atoms with Gasteiger partial charge in [0.2, 0.25) is 0 Å². The molecule has 4 atom stereocenters. The number of hydrogen-bond donors (Lipinski definition) is 0. The molecule has 0 bridgehead atoms. The van der Waals surface area contributed by atoms with Gasteiger partial charge in [0, 0.05) is 6.07 Å². The van der Waals surface area contributed by atoms with Crippen molar-refractivity contribution in [2.24, 2.45) is 35.5 Å². The summed E-state index contributed by atoms with van der Waals surface area (Å²) in [7, 11) is 0. The number of esters is 1. The first kappa shape index (κ1) is 29.3. The summed E-state index contributed by atoms with van der Waals surface area (Å²) in [5.74, 6) is 3.82. The average Bonchev–Trinajstić information content (AvgIpc) is 2.94. The number of aryl methyl sites for hydroxylation is 1. The number of unbranched alkanes of at least 4 members (excludes halogenated alkanes) is 4. The fourth-order valence-corrected chi connectivity index (χ4v) is 8.10. The number of fused-ring (bicyclic) bond motifs is 1. The molecule has 212 valence electrons. The van der Waals surface area contributed by atoms with E-state index in [4.69, 9.17) is 4.74 Å². The van der Waals surface area contributed by atoms with Crippen molar-refractivity contribution in [2.75, 3.05) is 0 Å². The van der Waals surface area contributed by atoms with Gasteiger partial charge in [-0.25, -0.2) is 4.39 Å². The smallest absolute Gasteiger partial charge is 0.314 e. The van der Waals surface area contributed by atoms with Crippen molar-refractivity contribution in [3.8, 4) is 5.75 Å². The van der Waals surface area contributed by atoms with Gasteiger partial charge in [-0.15, -0.1) is 0 Å². The molecule has 0 radical (unpaired) electrons. The molecule has 2 nitrogen and oxygen atoms in total. The molecule has 1 aromatic rings. The zero-order chi connectivity index (χ0) is 26.7. The summed E-state index contributed by atoms with van der Waals surface area (Å²) in [6.45, 7) is 4.27. The number of halogens is 1. The second-order valence-electron chi connectivity index (χ2n) is 12.8. The van der Waals surface area contributed by atoms with E-state index in [1.54, 1.807) is 12.1 Å². The maximum Gasteiger partial charge on any atom is 0.314 e. The van der Waals surface area contributed by atoms with Gasteiger partial charge in [0.1, 0.15) is 11.6 Å². The molecule has 0 heterocycles. The highest BCUT2D eigenvalue weighted by Gasteiger charge is 2.43. The van der Waals surface area contributed by atoms with Crippen molar-refractivity contribution in [3.05, 3.63) is 41.7 Å². The number of benzene rings is 1. The van der Waals surface area contributed by atoms with Gasteiger partial charge in [-0.05, 0) is 99.5 Å². The van der Waals surface area contributed by atoms with Crippen molar-refractivity contribution < 1.29 is 13.9 Å². The fourth-order valence-electron chi connectivity index (χ4n) is 8.10. The summed E-state index contributed by atoms with van der Waals surface area (Å²) >= 11 is 0. The summed E-state index contributed by atoms with van der Waals surface area (Å²) in [5, 5.41) is 0. The van der Waals surface area contributed by atoms with Crippen LogP contribution >= 0.6 is 0 Å². The Bertz CT molecular complexity index is 884. The van der Waals surface area contributed by atoms with Crippen LogP contribution in [0.3, 0.4) is 0 Å². The fraction of sp³-hybridized carbons (Fsp3) is 0.743. The highest BCUT2D eigenvalue weighted by atomic mass is 19.1.